The molecule has 0 bridgehead atoms. The van der Waals surface area contributed by atoms with Gasteiger partial charge in [0, 0.05) is 12.0 Å². The Morgan fingerprint density at radius 1 is 1.09 bits per heavy atom. The van der Waals surface area contributed by atoms with E-state index in [0.717, 1.165) is 27.9 Å². The molecule has 0 spiro atoms. The summed E-state index contributed by atoms with van der Waals surface area (Å²) in [4.78, 5) is 56.5. The summed E-state index contributed by atoms with van der Waals surface area (Å²) in [5, 5.41) is 9.81. The van der Waals surface area contributed by atoms with Crippen LogP contribution >= 0.6 is 23.1 Å². The lowest BCUT2D eigenvalue weighted by molar-refractivity contribution is -0.138. The largest absolute Gasteiger partial charge is 0.454 e. The molecule has 44 heavy (non-hydrogen) atoms. The van der Waals surface area contributed by atoms with E-state index in [-0.39, 0.29) is 34.2 Å². The molecule has 2 aromatic carbocycles. The zero-order valence-electron chi connectivity index (χ0n) is 22.8. The normalized spacial score (nSPS) is 14.9. The van der Waals surface area contributed by atoms with Gasteiger partial charge in [-0.05, 0) is 48.7 Å². The Kier molecular flexibility index (Phi) is 8.66. The number of ether oxygens (including phenoxy) is 1. The molecule has 1 saturated heterocycles. The first kappa shape index (κ1) is 30.7. The van der Waals surface area contributed by atoms with E-state index in [4.69, 9.17) is 4.74 Å². The molecule has 4 aromatic rings. The van der Waals surface area contributed by atoms with E-state index in [1.165, 1.54) is 24.3 Å². The van der Waals surface area contributed by atoms with Gasteiger partial charge >= 0.3 is 12.1 Å². The summed E-state index contributed by atoms with van der Waals surface area (Å²) in [6.07, 6.45) is -5.20. The van der Waals surface area contributed by atoms with Gasteiger partial charge in [-0.1, -0.05) is 47.7 Å². The Morgan fingerprint density at radius 3 is 2.39 bits per heavy atom. The fourth-order valence-corrected chi connectivity index (χ4v) is 6.19. The zero-order valence-corrected chi connectivity index (χ0v) is 24.4. The van der Waals surface area contributed by atoms with Gasteiger partial charge in [-0.15, -0.1) is 11.3 Å². The van der Waals surface area contributed by atoms with Crippen LogP contribution in [0.4, 0.5) is 18.9 Å². The van der Waals surface area contributed by atoms with Gasteiger partial charge in [-0.25, -0.2) is 14.7 Å². The van der Waals surface area contributed by atoms with E-state index >= 15 is 0 Å². The van der Waals surface area contributed by atoms with Crippen LogP contribution in [0.5, 0.6) is 0 Å². The van der Waals surface area contributed by atoms with Gasteiger partial charge in [0.15, 0.2) is 12.4 Å². The number of aryl methyl sites for hydroxylation is 1. The third kappa shape index (κ3) is 6.41. The van der Waals surface area contributed by atoms with Gasteiger partial charge in [-0.3, -0.25) is 14.4 Å². The molecule has 2 aromatic heterocycles. The minimum absolute atomic E-state index is 0.00880. The fourth-order valence-electron chi connectivity index (χ4n) is 4.38. The maximum Gasteiger partial charge on any atom is 0.417 e. The van der Waals surface area contributed by atoms with E-state index in [1.54, 1.807) is 47.8 Å². The number of carbonyl (C=O) groups excluding carboxylic acids is 4. The van der Waals surface area contributed by atoms with Crippen molar-refractivity contribution in [2.24, 2.45) is 0 Å². The molecule has 13 heteroatoms. The summed E-state index contributed by atoms with van der Waals surface area (Å²) >= 11 is 1.79. The Bertz CT molecular complexity index is 1800. The fraction of sp³-hybridized carbons (Fsp3) is 0.161. The Hall–Kier alpha value is -4.80. The number of pyridine rings is 1. The average Bonchev–Trinajstić information content (AvgIpc) is 3.63. The minimum Gasteiger partial charge on any atom is -0.454 e. The zero-order chi connectivity index (χ0) is 31.6. The van der Waals surface area contributed by atoms with Crippen molar-refractivity contribution in [2.45, 2.75) is 29.8 Å². The van der Waals surface area contributed by atoms with Crippen molar-refractivity contribution in [1.82, 2.24) is 4.98 Å². The topological polar surface area (TPSA) is 117 Å². The number of anilines is 1. The molecule has 0 N–H and O–H groups in total. The summed E-state index contributed by atoms with van der Waals surface area (Å²) in [5.74, 6) is -2.50. The molecule has 0 aliphatic carbocycles. The highest BCUT2D eigenvalue weighted by Crippen LogP contribution is 2.41. The van der Waals surface area contributed by atoms with Crippen LogP contribution in [-0.4, -0.2) is 40.4 Å². The second-order valence-corrected chi connectivity index (χ2v) is 11.8. The molecule has 1 aliphatic heterocycles. The van der Waals surface area contributed by atoms with Crippen LogP contribution in [0.25, 0.3) is 10.6 Å². The highest BCUT2D eigenvalue weighted by Gasteiger charge is 2.42. The number of aromatic nitrogens is 1. The van der Waals surface area contributed by atoms with Gasteiger partial charge in [0.25, 0.3) is 0 Å². The van der Waals surface area contributed by atoms with Crippen LogP contribution in [0.1, 0.15) is 43.8 Å². The van der Waals surface area contributed by atoms with Crippen molar-refractivity contribution < 1.29 is 37.1 Å². The van der Waals surface area contributed by atoms with Crippen molar-refractivity contribution in [3.63, 3.8) is 0 Å². The Balaban J connectivity index is 1.31. The van der Waals surface area contributed by atoms with Crippen molar-refractivity contribution in [3.05, 3.63) is 99.9 Å². The number of rotatable bonds is 8. The number of nitriles is 1. The van der Waals surface area contributed by atoms with Crippen molar-refractivity contribution in [1.29, 1.82) is 5.26 Å². The van der Waals surface area contributed by atoms with E-state index in [9.17, 15) is 37.6 Å². The minimum atomic E-state index is -4.85. The first-order valence-electron chi connectivity index (χ1n) is 12.9. The molecule has 1 aliphatic rings. The number of alkyl halides is 3. The first-order valence-corrected chi connectivity index (χ1v) is 14.7. The standard InChI is InChI=1S/C31H20F3N3O5S2/c1-17-4-6-18(7-5-17)24(38)16-42-30(41)19-8-10-20(11-9-19)37-27(39)14-26(29(37)40)44-28-21(15-35)22(31(32,33)34)13-23(36-28)25-3-2-12-43-25/h2-13,26H,14,16H2,1H3. The summed E-state index contributed by atoms with van der Waals surface area (Å²) < 4.78 is 46.7. The Labute approximate surface area is 257 Å². The predicted molar refractivity (Wildman–Crippen MR) is 156 cm³/mol. The van der Waals surface area contributed by atoms with Gasteiger partial charge in [0.1, 0.15) is 11.1 Å². The number of benzene rings is 2. The maximum atomic E-state index is 13.9. The number of thiophene rings is 1. The van der Waals surface area contributed by atoms with Crippen LogP contribution in [0.3, 0.4) is 0 Å². The number of thioether (sulfide) groups is 1. The second kappa shape index (κ2) is 12.4. The third-order valence-corrected chi connectivity index (χ3v) is 8.67. The molecule has 2 amide bonds. The number of amides is 2. The number of imide groups is 1. The number of carbonyl (C=O) groups is 4. The summed E-state index contributed by atoms with van der Waals surface area (Å²) in [5.41, 5.74) is -0.355. The SMILES string of the molecule is Cc1ccc(C(=O)COC(=O)c2ccc(N3C(=O)CC(Sc4nc(-c5cccs5)cc(C(F)(F)F)c4C#N)C3=O)cc2)cc1. The molecule has 1 unspecified atom stereocenters. The molecule has 0 radical (unpaired) electrons. The highest BCUT2D eigenvalue weighted by atomic mass is 32.2. The summed E-state index contributed by atoms with van der Waals surface area (Å²) in [6.45, 7) is 1.40. The van der Waals surface area contributed by atoms with Crippen LogP contribution in [0, 0.1) is 18.3 Å². The smallest absolute Gasteiger partial charge is 0.417 e. The van der Waals surface area contributed by atoms with Gasteiger partial charge in [-0.2, -0.15) is 18.4 Å². The molecule has 8 nitrogen and oxygen atoms in total. The first-order chi connectivity index (χ1) is 21.0. The second-order valence-electron chi connectivity index (χ2n) is 9.61. The predicted octanol–water partition coefficient (Wildman–Crippen LogP) is 6.47. The number of nitrogens with zero attached hydrogens (tertiary/aromatic N) is 3. The molecular weight excluding hydrogens is 615 g/mol. The van der Waals surface area contributed by atoms with E-state index < -0.39 is 46.9 Å². The number of Topliss-reactive ketones (excluding diaryl/α,β-unsaturated/α-hetero) is 1. The van der Waals surface area contributed by atoms with Crippen molar-refractivity contribution in [2.75, 3.05) is 11.5 Å². The number of hydrogen-bond acceptors (Lipinski definition) is 9. The average molecular weight is 636 g/mol. The molecular formula is C31H20F3N3O5S2. The summed E-state index contributed by atoms with van der Waals surface area (Å²) in [7, 11) is 0. The molecule has 3 heterocycles. The third-order valence-electron chi connectivity index (χ3n) is 6.61. The quantitative estimate of drug-likeness (QED) is 0.123. The highest BCUT2D eigenvalue weighted by molar-refractivity contribution is 8.00. The monoisotopic (exact) mass is 635 g/mol. The van der Waals surface area contributed by atoms with E-state index in [1.807, 2.05) is 6.92 Å². The molecule has 1 atom stereocenters. The molecule has 1 fully saturated rings. The lowest BCUT2D eigenvalue weighted by atomic mass is 10.1. The van der Waals surface area contributed by atoms with Crippen LogP contribution in [-0.2, 0) is 20.5 Å². The molecule has 5 rings (SSSR count). The lowest BCUT2D eigenvalue weighted by Gasteiger charge is -2.17. The number of ketones is 1. The van der Waals surface area contributed by atoms with Gasteiger partial charge in [0.2, 0.25) is 11.8 Å². The van der Waals surface area contributed by atoms with Crippen LogP contribution in [0.2, 0.25) is 0 Å². The van der Waals surface area contributed by atoms with Crippen molar-refractivity contribution in [3.8, 4) is 16.6 Å². The van der Waals surface area contributed by atoms with E-state index in [2.05, 4.69) is 4.98 Å². The maximum absolute atomic E-state index is 13.9. The number of esters is 1. The van der Waals surface area contributed by atoms with Crippen LogP contribution < -0.4 is 4.90 Å². The van der Waals surface area contributed by atoms with E-state index in [0.29, 0.717) is 22.2 Å². The lowest BCUT2D eigenvalue weighted by Crippen LogP contribution is -2.31. The number of hydrogen-bond donors (Lipinski definition) is 0. The number of halogens is 3. The Morgan fingerprint density at radius 2 is 1.77 bits per heavy atom. The van der Waals surface area contributed by atoms with Crippen LogP contribution in [0.15, 0.2) is 77.1 Å². The van der Waals surface area contributed by atoms with Crippen molar-refractivity contribution >= 4 is 52.4 Å². The van der Waals surface area contributed by atoms with Gasteiger partial charge < -0.3 is 4.74 Å². The molecule has 222 valence electrons. The molecule has 0 saturated carbocycles. The summed E-state index contributed by atoms with van der Waals surface area (Å²) in [6, 6.07) is 17.7. The van der Waals surface area contributed by atoms with Gasteiger partial charge in [0.05, 0.1) is 38.2 Å².